The minimum absolute atomic E-state index is 0.0674. The number of nitrogens with zero attached hydrogens (tertiary/aromatic N) is 2. The molecule has 1 aromatic heterocycles. The highest BCUT2D eigenvalue weighted by Gasteiger charge is 2.44. The number of aryl methyl sites for hydroxylation is 1. The van der Waals surface area contributed by atoms with Crippen molar-refractivity contribution in [3.05, 3.63) is 82.8 Å². The van der Waals surface area contributed by atoms with Crippen molar-refractivity contribution in [2.75, 3.05) is 27.2 Å². The molecular weight excluding hydrogens is 392 g/mol. The van der Waals surface area contributed by atoms with E-state index in [2.05, 4.69) is 0 Å². The second kappa shape index (κ2) is 8.40. The summed E-state index contributed by atoms with van der Waals surface area (Å²) in [4.78, 5) is 30.0. The Morgan fingerprint density at radius 1 is 1.13 bits per heavy atom. The first-order valence-electron chi connectivity index (χ1n) is 10.4. The predicted molar refractivity (Wildman–Crippen MR) is 119 cm³/mol. The number of carbonyl (C=O) groups excluding carboxylic acids is 2. The lowest BCUT2D eigenvalue weighted by atomic mass is 9.94. The minimum Gasteiger partial charge on any atom is -0.503 e. The van der Waals surface area contributed by atoms with Gasteiger partial charge in [-0.2, -0.15) is 0 Å². The molecule has 4 rings (SSSR count). The first-order chi connectivity index (χ1) is 14.9. The number of carbonyl (C=O) groups is 2. The fourth-order valence-corrected chi connectivity index (χ4v) is 4.00. The van der Waals surface area contributed by atoms with Crippen LogP contribution >= 0.6 is 0 Å². The van der Waals surface area contributed by atoms with Crippen LogP contribution in [0.1, 0.15) is 34.1 Å². The van der Waals surface area contributed by atoms with Gasteiger partial charge in [0, 0.05) is 11.9 Å². The third kappa shape index (κ3) is 3.99. The zero-order valence-corrected chi connectivity index (χ0v) is 18.0. The Kier molecular flexibility index (Phi) is 5.65. The Morgan fingerprint density at radius 3 is 2.52 bits per heavy atom. The van der Waals surface area contributed by atoms with Crippen LogP contribution in [0, 0.1) is 6.92 Å². The lowest BCUT2D eigenvalue weighted by Gasteiger charge is -2.27. The van der Waals surface area contributed by atoms with Crippen molar-refractivity contribution in [1.82, 2.24) is 9.80 Å². The summed E-state index contributed by atoms with van der Waals surface area (Å²) in [5, 5.41) is 11.5. The number of hydrogen-bond acceptors (Lipinski definition) is 5. The molecule has 3 aromatic rings. The number of para-hydroxylation sites is 1. The van der Waals surface area contributed by atoms with E-state index in [4.69, 9.17) is 4.42 Å². The van der Waals surface area contributed by atoms with E-state index in [0.29, 0.717) is 12.1 Å². The molecule has 0 fully saturated rings. The number of fused-ring (bicyclic) bond motifs is 1. The van der Waals surface area contributed by atoms with Gasteiger partial charge in [0.1, 0.15) is 5.58 Å². The fourth-order valence-electron chi connectivity index (χ4n) is 4.00. The summed E-state index contributed by atoms with van der Waals surface area (Å²) in [7, 11) is 3.94. The zero-order valence-electron chi connectivity index (χ0n) is 18.0. The Labute approximate surface area is 181 Å². The maximum Gasteiger partial charge on any atom is 0.290 e. The molecule has 160 valence electrons. The molecule has 0 saturated heterocycles. The molecule has 1 N–H and O–H groups in total. The molecule has 0 saturated carbocycles. The first kappa shape index (κ1) is 20.9. The molecule has 6 heteroatoms. The van der Waals surface area contributed by atoms with Crippen LogP contribution in [0.4, 0.5) is 0 Å². The van der Waals surface area contributed by atoms with Crippen molar-refractivity contribution in [3.8, 4) is 0 Å². The molecule has 1 aliphatic rings. The molecule has 0 spiro atoms. The van der Waals surface area contributed by atoms with Crippen LogP contribution < -0.4 is 0 Å². The second-order valence-corrected chi connectivity index (χ2v) is 8.21. The van der Waals surface area contributed by atoms with Crippen molar-refractivity contribution in [2.45, 2.75) is 19.4 Å². The van der Waals surface area contributed by atoms with Gasteiger partial charge in [0.25, 0.3) is 5.91 Å². The topological polar surface area (TPSA) is 74.0 Å². The molecule has 1 aliphatic heterocycles. The van der Waals surface area contributed by atoms with Crippen LogP contribution in [-0.2, 0) is 4.79 Å². The van der Waals surface area contributed by atoms with E-state index in [1.807, 2.05) is 68.4 Å². The van der Waals surface area contributed by atoms with Gasteiger partial charge in [-0.3, -0.25) is 9.59 Å². The predicted octanol–water partition coefficient (Wildman–Crippen LogP) is 4.27. The van der Waals surface area contributed by atoms with Crippen molar-refractivity contribution >= 4 is 22.7 Å². The van der Waals surface area contributed by atoms with Gasteiger partial charge < -0.3 is 19.3 Å². The van der Waals surface area contributed by atoms with Crippen molar-refractivity contribution < 1.29 is 19.1 Å². The van der Waals surface area contributed by atoms with E-state index in [-0.39, 0.29) is 11.3 Å². The largest absolute Gasteiger partial charge is 0.503 e. The lowest BCUT2D eigenvalue weighted by molar-refractivity contribution is -0.129. The minimum atomic E-state index is -0.657. The van der Waals surface area contributed by atoms with E-state index < -0.39 is 23.5 Å². The first-order valence-corrected chi connectivity index (χ1v) is 10.4. The molecule has 1 atom stereocenters. The number of hydrogen-bond donors (Lipinski definition) is 1. The maximum atomic E-state index is 13.5. The summed E-state index contributed by atoms with van der Waals surface area (Å²) >= 11 is 0. The fraction of sp³-hybridized carbons (Fsp3) is 0.280. The monoisotopic (exact) mass is 418 g/mol. The van der Waals surface area contributed by atoms with Gasteiger partial charge >= 0.3 is 0 Å². The molecule has 0 bridgehead atoms. The number of amides is 1. The normalized spacial score (nSPS) is 16.7. The van der Waals surface area contributed by atoms with Gasteiger partial charge in [-0.05, 0) is 51.7 Å². The average molecular weight is 418 g/mol. The van der Waals surface area contributed by atoms with Crippen LogP contribution in [-0.4, -0.2) is 53.8 Å². The molecule has 1 amide bonds. The van der Waals surface area contributed by atoms with E-state index in [9.17, 15) is 14.7 Å². The third-order valence-corrected chi connectivity index (χ3v) is 5.60. The summed E-state index contributed by atoms with van der Waals surface area (Å²) in [6.07, 6.45) is 0.723. The summed E-state index contributed by atoms with van der Waals surface area (Å²) < 4.78 is 5.75. The lowest BCUT2D eigenvalue weighted by Crippen LogP contribution is -2.33. The van der Waals surface area contributed by atoms with Crippen molar-refractivity contribution in [1.29, 1.82) is 0 Å². The molecule has 31 heavy (non-hydrogen) atoms. The number of ketones is 1. The zero-order chi connectivity index (χ0) is 22.1. The molecule has 2 aromatic carbocycles. The van der Waals surface area contributed by atoms with Gasteiger partial charge in [0.05, 0.1) is 11.6 Å². The van der Waals surface area contributed by atoms with Gasteiger partial charge in [-0.15, -0.1) is 0 Å². The van der Waals surface area contributed by atoms with Crippen LogP contribution in [0.3, 0.4) is 0 Å². The summed E-state index contributed by atoms with van der Waals surface area (Å²) in [6, 6.07) is 16.0. The van der Waals surface area contributed by atoms with Gasteiger partial charge in [0.15, 0.2) is 11.5 Å². The average Bonchev–Trinajstić information content (AvgIpc) is 3.28. The number of furan rings is 1. The number of aliphatic hydroxyl groups is 1. The summed E-state index contributed by atoms with van der Waals surface area (Å²) in [5.41, 5.74) is 2.51. The molecule has 0 unspecified atom stereocenters. The Bertz CT molecular complexity index is 1120. The third-order valence-electron chi connectivity index (χ3n) is 5.60. The molecular formula is C25H26N2O4. The van der Waals surface area contributed by atoms with E-state index in [1.54, 1.807) is 17.0 Å². The van der Waals surface area contributed by atoms with Gasteiger partial charge in [0.2, 0.25) is 5.78 Å². The number of rotatable bonds is 7. The van der Waals surface area contributed by atoms with Gasteiger partial charge in [-0.1, -0.05) is 48.0 Å². The van der Waals surface area contributed by atoms with Crippen molar-refractivity contribution in [3.63, 3.8) is 0 Å². The van der Waals surface area contributed by atoms with Crippen LogP contribution in [0.15, 0.2) is 70.3 Å². The summed E-state index contributed by atoms with van der Waals surface area (Å²) in [5.74, 6) is -1.38. The van der Waals surface area contributed by atoms with Crippen LogP contribution in [0.25, 0.3) is 11.0 Å². The highest BCUT2D eigenvalue weighted by Crippen LogP contribution is 2.39. The molecule has 0 aliphatic carbocycles. The van der Waals surface area contributed by atoms with E-state index >= 15 is 0 Å². The number of benzene rings is 2. The highest BCUT2D eigenvalue weighted by molar-refractivity contribution is 6.16. The smallest absolute Gasteiger partial charge is 0.290 e. The quantitative estimate of drug-likeness (QED) is 0.580. The van der Waals surface area contributed by atoms with Crippen LogP contribution in [0.2, 0.25) is 0 Å². The van der Waals surface area contributed by atoms with Crippen LogP contribution in [0.5, 0.6) is 0 Å². The maximum absolute atomic E-state index is 13.5. The Morgan fingerprint density at radius 2 is 1.84 bits per heavy atom. The summed E-state index contributed by atoms with van der Waals surface area (Å²) in [6.45, 7) is 3.20. The van der Waals surface area contributed by atoms with E-state index in [1.165, 1.54) is 0 Å². The van der Waals surface area contributed by atoms with Crippen molar-refractivity contribution in [2.24, 2.45) is 0 Å². The number of aliphatic hydroxyl groups excluding tert-OH is 1. The number of Topliss-reactive ketones (excluding diaryl/α,β-unsaturated/α-hetero) is 1. The Hall–Kier alpha value is -3.38. The second-order valence-electron chi connectivity index (χ2n) is 8.21. The highest BCUT2D eigenvalue weighted by atomic mass is 16.3. The standard InChI is InChI=1S/C25H26N2O4/c1-16-9-11-17(12-10-16)22-21(24(29)25(30)27(22)14-6-13-26(2)3)23(28)20-15-18-7-4-5-8-19(18)31-20/h4-5,7-12,15,22,29H,6,13-14H2,1-3H3/t22-/m0/s1. The Balaban J connectivity index is 1.74. The molecule has 6 nitrogen and oxygen atoms in total. The molecule has 0 radical (unpaired) electrons. The molecule has 2 heterocycles. The SMILES string of the molecule is Cc1ccc([C@H]2C(C(=O)c3cc4ccccc4o3)=C(O)C(=O)N2CCCN(C)C)cc1. The van der Waals surface area contributed by atoms with E-state index in [0.717, 1.165) is 29.5 Å². The van der Waals surface area contributed by atoms with Gasteiger partial charge in [-0.25, -0.2) is 0 Å².